The van der Waals surface area contributed by atoms with Gasteiger partial charge in [0.1, 0.15) is 11.6 Å². The van der Waals surface area contributed by atoms with Gasteiger partial charge in [0.25, 0.3) is 0 Å². The minimum Gasteiger partial charge on any atom is -0.383 e. The van der Waals surface area contributed by atoms with Crippen LogP contribution in [0, 0.1) is 5.82 Å². The number of hydrogen-bond acceptors (Lipinski definition) is 2. The van der Waals surface area contributed by atoms with E-state index in [1.165, 1.54) is 12.1 Å². The van der Waals surface area contributed by atoms with Crippen LogP contribution >= 0.6 is 11.6 Å². The molecule has 0 fully saturated rings. The Kier molecular flexibility index (Phi) is 2.97. The van der Waals surface area contributed by atoms with E-state index in [9.17, 15) is 4.39 Å². The van der Waals surface area contributed by atoms with Crippen molar-refractivity contribution in [2.75, 3.05) is 5.73 Å². The lowest BCUT2D eigenvalue weighted by Crippen LogP contribution is -1.98. The minimum atomic E-state index is -0.355. The molecule has 2 rings (SSSR count). The van der Waals surface area contributed by atoms with Crippen LogP contribution in [0.4, 0.5) is 10.2 Å². The highest BCUT2D eigenvalue weighted by Gasteiger charge is 2.08. The van der Waals surface area contributed by atoms with Gasteiger partial charge < -0.3 is 5.73 Å². The lowest BCUT2D eigenvalue weighted by atomic mass is 10.1. The monoisotopic (exact) mass is 238 g/mol. The van der Waals surface area contributed by atoms with Crippen LogP contribution in [0.3, 0.4) is 0 Å². The Balaban J connectivity index is 2.69. The molecule has 2 nitrogen and oxygen atoms in total. The van der Waals surface area contributed by atoms with Gasteiger partial charge in [0.15, 0.2) is 0 Å². The second-order valence-corrected chi connectivity index (χ2v) is 4.15. The molecule has 0 amide bonds. The van der Waals surface area contributed by atoms with Crippen molar-refractivity contribution < 1.29 is 4.39 Å². The molecular formula is C12H12ClFN2. The van der Waals surface area contributed by atoms with Crippen LogP contribution in [0.2, 0.25) is 5.02 Å². The van der Waals surface area contributed by atoms with E-state index in [1.54, 1.807) is 0 Å². The molecule has 16 heavy (non-hydrogen) atoms. The highest BCUT2D eigenvalue weighted by Crippen LogP contribution is 2.26. The number of nitrogens with two attached hydrogens (primary N) is 1. The number of aromatic nitrogens is 1. The summed E-state index contributed by atoms with van der Waals surface area (Å²) in [5.41, 5.74) is 7.31. The number of pyridine rings is 1. The van der Waals surface area contributed by atoms with Gasteiger partial charge in [0.2, 0.25) is 0 Å². The number of rotatable bonds is 2. The number of benzene rings is 1. The fourth-order valence-corrected chi connectivity index (χ4v) is 1.99. The first-order valence-electron chi connectivity index (χ1n) is 5.16. The predicted molar refractivity (Wildman–Crippen MR) is 65.1 cm³/mol. The average Bonchev–Trinajstić information content (AvgIpc) is 2.21. The van der Waals surface area contributed by atoms with E-state index >= 15 is 0 Å². The molecule has 1 aromatic heterocycles. The van der Waals surface area contributed by atoms with E-state index in [2.05, 4.69) is 11.9 Å². The lowest BCUT2D eigenvalue weighted by Gasteiger charge is -2.07. The average molecular weight is 239 g/mol. The van der Waals surface area contributed by atoms with Gasteiger partial charge >= 0.3 is 0 Å². The normalized spacial score (nSPS) is 10.9. The Morgan fingerprint density at radius 2 is 2.12 bits per heavy atom. The zero-order valence-electron chi connectivity index (χ0n) is 8.93. The molecule has 0 spiro atoms. The predicted octanol–water partition coefficient (Wildman–Crippen LogP) is 3.56. The SMILES string of the molecule is CCCc1cc2cc(F)cc(Cl)c2nc1N. The number of nitrogen functional groups attached to an aromatic ring is 1. The summed E-state index contributed by atoms with van der Waals surface area (Å²) in [6, 6.07) is 4.53. The molecule has 0 aliphatic heterocycles. The molecule has 84 valence electrons. The van der Waals surface area contributed by atoms with E-state index in [1.807, 2.05) is 6.07 Å². The van der Waals surface area contributed by atoms with Crippen molar-refractivity contribution >= 4 is 28.3 Å². The van der Waals surface area contributed by atoms with E-state index in [0.717, 1.165) is 18.4 Å². The largest absolute Gasteiger partial charge is 0.383 e. The van der Waals surface area contributed by atoms with Crippen LogP contribution in [0.15, 0.2) is 18.2 Å². The van der Waals surface area contributed by atoms with Gasteiger partial charge in [-0.2, -0.15) is 0 Å². The Hall–Kier alpha value is -1.35. The molecule has 0 aliphatic carbocycles. The first kappa shape index (κ1) is 11.1. The third kappa shape index (κ3) is 1.95. The van der Waals surface area contributed by atoms with E-state index < -0.39 is 0 Å². The maximum absolute atomic E-state index is 13.2. The van der Waals surface area contributed by atoms with Gasteiger partial charge in [-0.25, -0.2) is 9.37 Å². The van der Waals surface area contributed by atoms with Gasteiger partial charge in [-0.1, -0.05) is 24.9 Å². The smallest absolute Gasteiger partial charge is 0.127 e. The Morgan fingerprint density at radius 3 is 2.81 bits per heavy atom. The molecule has 0 saturated heterocycles. The van der Waals surface area contributed by atoms with Crippen molar-refractivity contribution in [1.82, 2.24) is 4.98 Å². The molecule has 0 saturated carbocycles. The second-order valence-electron chi connectivity index (χ2n) is 3.74. The number of anilines is 1. The number of fused-ring (bicyclic) bond motifs is 1. The van der Waals surface area contributed by atoms with Gasteiger partial charge in [0, 0.05) is 5.39 Å². The van der Waals surface area contributed by atoms with E-state index in [4.69, 9.17) is 17.3 Å². The molecule has 4 heteroatoms. The van der Waals surface area contributed by atoms with Gasteiger partial charge in [-0.15, -0.1) is 0 Å². The Labute approximate surface area is 98.2 Å². The summed E-state index contributed by atoms with van der Waals surface area (Å²) in [6.07, 6.45) is 1.81. The highest BCUT2D eigenvalue weighted by atomic mass is 35.5. The number of hydrogen-bond donors (Lipinski definition) is 1. The standard InChI is InChI=1S/C12H12ClFN2/c1-2-3-7-4-8-5-9(14)6-10(13)11(8)16-12(7)15/h4-6H,2-3H2,1H3,(H2,15,16). The fraction of sp³-hybridized carbons (Fsp3) is 0.250. The van der Waals surface area contributed by atoms with Crippen molar-refractivity contribution in [3.8, 4) is 0 Å². The molecule has 0 radical (unpaired) electrons. The van der Waals surface area contributed by atoms with Crippen LogP contribution in [0.1, 0.15) is 18.9 Å². The summed E-state index contributed by atoms with van der Waals surface area (Å²) in [7, 11) is 0. The molecule has 0 bridgehead atoms. The molecule has 0 aliphatic rings. The summed E-state index contributed by atoms with van der Waals surface area (Å²) >= 11 is 5.91. The maximum Gasteiger partial charge on any atom is 0.127 e. The van der Waals surface area contributed by atoms with Crippen molar-refractivity contribution in [1.29, 1.82) is 0 Å². The number of nitrogens with zero attached hydrogens (tertiary/aromatic N) is 1. The molecule has 1 heterocycles. The molecule has 2 N–H and O–H groups in total. The molecule has 0 unspecified atom stereocenters. The highest BCUT2D eigenvalue weighted by molar-refractivity contribution is 6.35. The van der Waals surface area contributed by atoms with Gasteiger partial charge in [-0.3, -0.25) is 0 Å². The van der Waals surface area contributed by atoms with E-state index in [0.29, 0.717) is 21.7 Å². The van der Waals surface area contributed by atoms with Gasteiger partial charge in [0.05, 0.1) is 10.5 Å². The summed E-state index contributed by atoms with van der Waals surface area (Å²) in [5, 5.41) is 0.993. The third-order valence-electron chi connectivity index (χ3n) is 2.47. The van der Waals surface area contributed by atoms with Crippen LogP contribution in [0.5, 0.6) is 0 Å². The van der Waals surface area contributed by atoms with Crippen molar-refractivity contribution in [2.45, 2.75) is 19.8 Å². The zero-order chi connectivity index (χ0) is 11.7. The number of halogens is 2. The lowest BCUT2D eigenvalue weighted by molar-refractivity contribution is 0.629. The quantitative estimate of drug-likeness (QED) is 0.869. The van der Waals surface area contributed by atoms with Crippen LogP contribution in [-0.4, -0.2) is 4.98 Å². The second kappa shape index (κ2) is 4.26. The topological polar surface area (TPSA) is 38.9 Å². The zero-order valence-corrected chi connectivity index (χ0v) is 9.68. The Bertz CT molecular complexity index is 540. The summed E-state index contributed by atoms with van der Waals surface area (Å²) in [6.45, 7) is 2.06. The summed E-state index contributed by atoms with van der Waals surface area (Å²) < 4.78 is 13.2. The molecule has 0 atom stereocenters. The molecule has 1 aromatic carbocycles. The van der Waals surface area contributed by atoms with Crippen LogP contribution in [-0.2, 0) is 6.42 Å². The summed E-state index contributed by atoms with van der Waals surface area (Å²) in [5.74, 6) is 0.120. The first-order valence-corrected chi connectivity index (χ1v) is 5.53. The minimum absolute atomic E-state index is 0.296. The van der Waals surface area contributed by atoms with Crippen LogP contribution < -0.4 is 5.73 Å². The third-order valence-corrected chi connectivity index (χ3v) is 2.76. The fourth-order valence-electron chi connectivity index (χ4n) is 1.74. The summed E-state index contributed by atoms with van der Waals surface area (Å²) in [4.78, 5) is 4.21. The maximum atomic E-state index is 13.2. The van der Waals surface area contributed by atoms with Crippen molar-refractivity contribution in [3.63, 3.8) is 0 Å². The molecule has 2 aromatic rings. The Morgan fingerprint density at radius 1 is 1.38 bits per heavy atom. The van der Waals surface area contributed by atoms with E-state index in [-0.39, 0.29) is 5.82 Å². The molecular weight excluding hydrogens is 227 g/mol. The van der Waals surface area contributed by atoms with Crippen LogP contribution in [0.25, 0.3) is 10.9 Å². The van der Waals surface area contributed by atoms with Gasteiger partial charge in [-0.05, 0) is 30.2 Å². The number of aryl methyl sites for hydroxylation is 1. The van der Waals surface area contributed by atoms with Crippen molar-refractivity contribution in [2.24, 2.45) is 0 Å². The first-order chi connectivity index (χ1) is 7.61. The van der Waals surface area contributed by atoms with Crippen molar-refractivity contribution in [3.05, 3.63) is 34.6 Å².